The number of carbonyl (C=O) groups is 1. The van der Waals surface area contributed by atoms with Crippen molar-refractivity contribution in [2.45, 2.75) is 52.0 Å². The molecular weight excluding hydrogens is 224 g/mol. The summed E-state index contributed by atoms with van der Waals surface area (Å²) < 4.78 is 0. The van der Waals surface area contributed by atoms with E-state index in [9.17, 15) is 4.79 Å². The Morgan fingerprint density at radius 2 is 2.12 bits per heavy atom. The number of nitrogens with zero attached hydrogens (tertiary/aromatic N) is 1. The zero-order valence-electron chi connectivity index (χ0n) is 10.4. The summed E-state index contributed by atoms with van der Waals surface area (Å²) in [5.41, 5.74) is 5.66. The van der Waals surface area contributed by atoms with E-state index in [0.717, 1.165) is 31.8 Å². The molecule has 1 unspecified atom stereocenters. The number of carbonyl (C=O) groups excluding carboxylic acids is 1. The second-order valence-corrected chi connectivity index (χ2v) is 4.80. The Labute approximate surface area is 105 Å². The Morgan fingerprint density at radius 3 is 2.56 bits per heavy atom. The highest BCUT2D eigenvalue weighted by atomic mass is 35.5. The van der Waals surface area contributed by atoms with Gasteiger partial charge in [-0.15, -0.1) is 12.4 Å². The Balaban J connectivity index is 0.00000225. The third-order valence-electron chi connectivity index (χ3n) is 2.84. The molecule has 0 aromatic carbocycles. The summed E-state index contributed by atoms with van der Waals surface area (Å²) in [4.78, 5) is 13.9. The van der Waals surface area contributed by atoms with Crippen LogP contribution in [0.3, 0.4) is 0 Å². The molecule has 0 aromatic rings. The molecule has 1 aliphatic rings. The van der Waals surface area contributed by atoms with Crippen LogP contribution in [-0.4, -0.2) is 29.9 Å². The summed E-state index contributed by atoms with van der Waals surface area (Å²) in [6.45, 7) is 5.97. The first-order valence-corrected chi connectivity index (χ1v) is 6.16. The van der Waals surface area contributed by atoms with Crippen molar-refractivity contribution in [3.8, 4) is 0 Å². The quantitative estimate of drug-likeness (QED) is 0.751. The molecule has 0 aliphatic heterocycles. The van der Waals surface area contributed by atoms with Crippen molar-refractivity contribution in [3.63, 3.8) is 0 Å². The first kappa shape index (κ1) is 15.7. The lowest BCUT2D eigenvalue weighted by molar-refractivity contribution is -0.131. The standard InChI is InChI=1S/C12H24N2O.ClH/c1-3-8-14(9-11-5-6-11)12(15)7-4-10(2)13;/h10-11H,3-9,13H2,1-2H3;1H. The summed E-state index contributed by atoms with van der Waals surface area (Å²) in [5, 5.41) is 0. The molecule has 1 aliphatic carbocycles. The number of rotatable bonds is 7. The minimum Gasteiger partial charge on any atom is -0.342 e. The molecule has 0 radical (unpaired) electrons. The number of hydrogen-bond acceptors (Lipinski definition) is 2. The van der Waals surface area contributed by atoms with Crippen molar-refractivity contribution in [2.24, 2.45) is 11.7 Å². The summed E-state index contributed by atoms with van der Waals surface area (Å²) >= 11 is 0. The van der Waals surface area contributed by atoms with Crippen molar-refractivity contribution in [2.75, 3.05) is 13.1 Å². The third kappa shape index (κ3) is 6.33. The van der Waals surface area contributed by atoms with Crippen LogP contribution >= 0.6 is 12.4 Å². The van der Waals surface area contributed by atoms with Crippen molar-refractivity contribution >= 4 is 18.3 Å². The largest absolute Gasteiger partial charge is 0.342 e. The Morgan fingerprint density at radius 1 is 1.50 bits per heavy atom. The lowest BCUT2D eigenvalue weighted by atomic mass is 10.1. The number of amides is 1. The topological polar surface area (TPSA) is 46.3 Å². The highest BCUT2D eigenvalue weighted by molar-refractivity contribution is 5.85. The zero-order valence-corrected chi connectivity index (χ0v) is 11.3. The molecule has 0 heterocycles. The summed E-state index contributed by atoms with van der Waals surface area (Å²) in [6, 6.07) is 0.137. The monoisotopic (exact) mass is 248 g/mol. The van der Waals surface area contributed by atoms with Crippen LogP contribution < -0.4 is 5.73 Å². The van der Waals surface area contributed by atoms with Crippen molar-refractivity contribution < 1.29 is 4.79 Å². The number of nitrogens with two attached hydrogens (primary N) is 1. The van der Waals surface area contributed by atoms with Crippen LogP contribution in [0.25, 0.3) is 0 Å². The van der Waals surface area contributed by atoms with Gasteiger partial charge in [-0.25, -0.2) is 0 Å². The van der Waals surface area contributed by atoms with E-state index in [1.54, 1.807) is 0 Å². The summed E-state index contributed by atoms with van der Waals surface area (Å²) in [5.74, 6) is 1.08. The second-order valence-electron chi connectivity index (χ2n) is 4.80. The van der Waals surface area contributed by atoms with Gasteiger partial charge >= 0.3 is 0 Å². The molecule has 0 bridgehead atoms. The van der Waals surface area contributed by atoms with Gasteiger partial charge in [0.25, 0.3) is 0 Å². The molecule has 1 fully saturated rings. The van der Waals surface area contributed by atoms with Crippen LogP contribution in [0.2, 0.25) is 0 Å². The van der Waals surface area contributed by atoms with Crippen molar-refractivity contribution in [1.29, 1.82) is 0 Å². The molecule has 3 nitrogen and oxygen atoms in total. The van der Waals surface area contributed by atoms with Gasteiger partial charge in [0.15, 0.2) is 0 Å². The molecule has 1 atom stereocenters. The molecular formula is C12H25ClN2O. The van der Waals surface area contributed by atoms with Gasteiger partial charge in [-0.05, 0) is 38.5 Å². The van der Waals surface area contributed by atoms with Crippen molar-refractivity contribution in [1.82, 2.24) is 4.90 Å². The predicted molar refractivity (Wildman–Crippen MR) is 69.7 cm³/mol. The van der Waals surface area contributed by atoms with Gasteiger partial charge < -0.3 is 10.6 Å². The maximum Gasteiger partial charge on any atom is 0.222 e. The van der Waals surface area contributed by atoms with Gasteiger partial charge in [-0.2, -0.15) is 0 Å². The van der Waals surface area contributed by atoms with Gasteiger partial charge in [0.05, 0.1) is 0 Å². The van der Waals surface area contributed by atoms with Crippen LogP contribution in [0.15, 0.2) is 0 Å². The minimum absolute atomic E-state index is 0. The fourth-order valence-corrected chi connectivity index (χ4v) is 1.71. The predicted octanol–water partition coefficient (Wildman–Crippen LogP) is 2.18. The maximum absolute atomic E-state index is 11.9. The smallest absolute Gasteiger partial charge is 0.222 e. The number of halogens is 1. The normalized spacial score (nSPS) is 16.4. The summed E-state index contributed by atoms with van der Waals surface area (Å²) in [7, 11) is 0. The molecule has 96 valence electrons. The molecule has 0 saturated heterocycles. The van der Waals surface area contributed by atoms with E-state index < -0.39 is 0 Å². The first-order valence-electron chi connectivity index (χ1n) is 6.16. The van der Waals surface area contributed by atoms with Crippen molar-refractivity contribution in [3.05, 3.63) is 0 Å². The number of hydrogen-bond donors (Lipinski definition) is 1. The maximum atomic E-state index is 11.9. The molecule has 0 spiro atoms. The lowest BCUT2D eigenvalue weighted by Gasteiger charge is -2.22. The second kappa shape index (κ2) is 7.91. The molecule has 0 aromatic heterocycles. The van der Waals surface area contributed by atoms with Gasteiger partial charge in [-0.3, -0.25) is 4.79 Å². The highest BCUT2D eigenvalue weighted by Crippen LogP contribution is 2.29. The minimum atomic E-state index is 0. The van der Waals surface area contributed by atoms with Gasteiger partial charge in [0.1, 0.15) is 0 Å². The molecule has 2 N–H and O–H groups in total. The van der Waals surface area contributed by atoms with Crippen LogP contribution in [0.1, 0.15) is 46.0 Å². The molecule has 1 rings (SSSR count). The average Bonchev–Trinajstić information content (AvgIpc) is 2.97. The molecule has 16 heavy (non-hydrogen) atoms. The van der Waals surface area contributed by atoms with E-state index in [1.165, 1.54) is 12.8 Å². The van der Waals surface area contributed by atoms with Crippen LogP contribution in [-0.2, 0) is 4.79 Å². The Kier molecular flexibility index (Phi) is 7.77. The Hall–Kier alpha value is -0.280. The molecule has 1 saturated carbocycles. The van der Waals surface area contributed by atoms with Gasteiger partial charge in [-0.1, -0.05) is 6.92 Å². The van der Waals surface area contributed by atoms with Crippen LogP contribution in [0.5, 0.6) is 0 Å². The van der Waals surface area contributed by atoms with E-state index in [1.807, 2.05) is 11.8 Å². The van der Waals surface area contributed by atoms with Crippen LogP contribution in [0.4, 0.5) is 0 Å². The first-order chi connectivity index (χ1) is 7.13. The van der Waals surface area contributed by atoms with E-state index in [2.05, 4.69) is 6.92 Å². The fraction of sp³-hybridized carbons (Fsp3) is 0.917. The Bertz CT molecular complexity index is 205. The SMILES string of the molecule is CCCN(CC1CC1)C(=O)CCC(C)N.Cl. The lowest BCUT2D eigenvalue weighted by Crippen LogP contribution is -2.34. The van der Waals surface area contributed by atoms with E-state index in [-0.39, 0.29) is 18.4 Å². The fourth-order valence-electron chi connectivity index (χ4n) is 1.71. The average molecular weight is 249 g/mol. The van der Waals surface area contributed by atoms with Crippen LogP contribution in [0, 0.1) is 5.92 Å². The van der Waals surface area contributed by atoms with E-state index in [0.29, 0.717) is 12.3 Å². The third-order valence-corrected chi connectivity index (χ3v) is 2.84. The summed E-state index contributed by atoms with van der Waals surface area (Å²) in [6.07, 6.45) is 5.09. The zero-order chi connectivity index (χ0) is 11.3. The molecule has 1 amide bonds. The van der Waals surface area contributed by atoms with Gasteiger partial charge in [0, 0.05) is 25.6 Å². The molecule has 4 heteroatoms. The highest BCUT2D eigenvalue weighted by Gasteiger charge is 2.26. The van der Waals surface area contributed by atoms with Gasteiger partial charge in [0.2, 0.25) is 5.91 Å². The van der Waals surface area contributed by atoms with E-state index >= 15 is 0 Å². The van der Waals surface area contributed by atoms with E-state index in [4.69, 9.17) is 5.73 Å².